The minimum absolute atomic E-state index is 0.195. The molecular formula is C13H19FN2O2. The maximum Gasteiger partial charge on any atom is 0.340 e. The Kier molecular flexibility index (Phi) is 4.95. The number of nitrogens with one attached hydrogen (secondary N) is 1. The molecule has 0 aliphatic heterocycles. The van der Waals surface area contributed by atoms with Crippen LogP contribution in [0.1, 0.15) is 37.0 Å². The fraction of sp³-hybridized carbons (Fsp3) is 0.462. The Hall–Kier alpha value is -1.78. The summed E-state index contributed by atoms with van der Waals surface area (Å²) in [6.07, 6.45) is 1.97. The number of nitrogens with two attached hydrogens (primary N) is 1. The van der Waals surface area contributed by atoms with E-state index >= 15 is 0 Å². The molecule has 0 saturated heterocycles. The molecule has 0 saturated carbocycles. The molecule has 1 rings (SSSR count). The van der Waals surface area contributed by atoms with Crippen LogP contribution in [0.2, 0.25) is 0 Å². The summed E-state index contributed by atoms with van der Waals surface area (Å²) in [6, 6.07) is 2.58. The van der Waals surface area contributed by atoms with Crippen LogP contribution >= 0.6 is 0 Å². The zero-order valence-corrected chi connectivity index (χ0v) is 10.7. The first kappa shape index (κ1) is 14.3. The van der Waals surface area contributed by atoms with Gasteiger partial charge in [-0.05, 0) is 30.9 Å². The van der Waals surface area contributed by atoms with Crippen LogP contribution in [0.4, 0.5) is 15.8 Å². The summed E-state index contributed by atoms with van der Waals surface area (Å²) in [5.74, 6) is -1.33. The van der Waals surface area contributed by atoms with E-state index in [0.29, 0.717) is 18.2 Å². The Bertz CT molecular complexity index is 433. The number of carbonyl (C=O) groups is 1. The van der Waals surface area contributed by atoms with Crippen molar-refractivity contribution in [3.63, 3.8) is 0 Å². The first-order valence-corrected chi connectivity index (χ1v) is 5.98. The highest BCUT2D eigenvalue weighted by atomic mass is 19.1. The van der Waals surface area contributed by atoms with E-state index in [2.05, 4.69) is 19.2 Å². The molecule has 0 fully saturated rings. The highest BCUT2D eigenvalue weighted by molar-refractivity contribution is 6.00. The Labute approximate surface area is 106 Å². The molecule has 100 valence electrons. The molecule has 0 spiro atoms. The minimum atomic E-state index is -1.22. The maximum atomic E-state index is 13.2. The quantitative estimate of drug-likeness (QED) is 0.539. The van der Waals surface area contributed by atoms with Crippen LogP contribution in [0.25, 0.3) is 0 Å². The number of hydrogen-bond donors (Lipinski definition) is 3. The molecular weight excluding hydrogens is 235 g/mol. The first-order chi connectivity index (χ1) is 8.43. The molecule has 4 N–H and O–H groups in total. The van der Waals surface area contributed by atoms with E-state index in [1.165, 1.54) is 12.1 Å². The summed E-state index contributed by atoms with van der Waals surface area (Å²) in [5.41, 5.74) is 5.29. The third-order valence-corrected chi connectivity index (χ3v) is 2.68. The largest absolute Gasteiger partial charge is 0.478 e. The number of anilines is 2. The summed E-state index contributed by atoms with van der Waals surface area (Å²) >= 11 is 0. The number of aromatic carboxylic acids is 1. The molecule has 0 bridgehead atoms. The zero-order valence-electron chi connectivity index (χ0n) is 10.7. The lowest BCUT2D eigenvalue weighted by Gasteiger charge is -2.12. The van der Waals surface area contributed by atoms with E-state index in [4.69, 9.17) is 10.8 Å². The monoisotopic (exact) mass is 254 g/mol. The topological polar surface area (TPSA) is 75.3 Å². The molecule has 0 atom stereocenters. The lowest BCUT2D eigenvalue weighted by molar-refractivity contribution is 0.0698. The Morgan fingerprint density at radius 1 is 1.50 bits per heavy atom. The van der Waals surface area contributed by atoms with Crippen LogP contribution in [-0.2, 0) is 0 Å². The SMILES string of the molecule is CC(C)CCCNc1ccc(F)c(N)c1C(=O)O. The first-order valence-electron chi connectivity index (χ1n) is 5.98. The van der Waals surface area contributed by atoms with Crippen LogP contribution in [0.15, 0.2) is 12.1 Å². The Morgan fingerprint density at radius 3 is 2.72 bits per heavy atom. The van der Waals surface area contributed by atoms with Gasteiger partial charge in [0.15, 0.2) is 0 Å². The molecule has 0 aliphatic rings. The van der Waals surface area contributed by atoms with Crippen molar-refractivity contribution >= 4 is 17.3 Å². The average molecular weight is 254 g/mol. The van der Waals surface area contributed by atoms with Gasteiger partial charge in [0.25, 0.3) is 0 Å². The molecule has 0 radical (unpaired) electrons. The molecule has 18 heavy (non-hydrogen) atoms. The summed E-state index contributed by atoms with van der Waals surface area (Å²) in [4.78, 5) is 11.0. The minimum Gasteiger partial charge on any atom is -0.478 e. The smallest absolute Gasteiger partial charge is 0.340 e. The molecule has 1 aromatic rings. The van der Waals surface area contributed by atoms with Gasteiger partial charge in [-0.1, -0.05) is 13.8 Å². The Morgan fingerprint density at radius 2 is 2.17 bits per heavy atom. The van der Waals surface area contributed by atoms with Gasteiger partial charge in [-0.3, -0.25) is 0 Å². The summed E-state index contributed by atoms with van der Waals surface area (Å²) in [5, 5.41) is 12.0. The lowest BCUT2D eigenvalue weighted by Crippen LogP contribution is -2.12. The van der Waals surface area contributed by atoms with E-state index in [1.807, 2.05) is 0 Å². The highest BCUT2D eigenvalue weighted by Crippen LogP contribution is 2.25. The second kappa shape index (κ2) is 6.23. The van der Waals surface area contributed by atoms with Crippen molar-refractivity contribution in [1.29, 1.82) is 0 Å². The van der Waals surface area contributed by atoms with Gasteiger partial charge in [-0.25, -0.2) is 9.18 Å². The van der Waals surface area contributed by atoms with Gasteiger partial charge in [-0.15, -0.1) is 0 Å². The predicted octanol–water partition coefficient (Wildman–Crippen LogP) is 2.95. The molecule has 5 heteroatoms. The standard InChI is InChI=1S/C13H19FN2O2/c1-8(2)4-3-7-16-10-6-5-9(14)12(15)11(10)13(17)18/h5-6,8,16H,3-4,7,15H2,1-2H3,(H,17,18). The van der Waals surface area contributed by atoms with Gasteiger partial charge in [0.2, 0.25) is 0 Å². The van der Waals surface area contributed by atoms with Gasteiger partial charge < -0.3 is 16.2 Å². The van der Waals surface area contributed by atoms with Crippen molar-refractivity contribution in [1.82, 2.24) is 0 Å². The van der Waals surface area contributed by atoms with Gasteiger partial charge in [-0.2, -0.15) is 0 Å². The summed E-state index contributed by atoms with van der Waals surface area (Å²) in [6.45, 7) is 4.89. The fourth-order valence-corrected chi connectivity index (χ4v) is 1.71. The van der Waals surface area contributed by atoms with Crippen molar-refractivity contribution in [2.24, 2.45) is 5.92 Å². The molecule has 0 aliphatic carbocycles. The van der Waals surface area contributed by atoms with E-state index < -0.39 is 11.8 Å². The van der Waals surface area contributed by atoms with Crippen LogP contribution in [0, 0.1) is 11.7 Å². The summed E-state index contributed by atoms with van der Waals surface area (Å²) < 4.78 is 13.2. The molecule has 0 unspecified atom stereocenters. The molecule has 4 nitrogen and oxygen atoms in total. The van der Waals surface area contributed by atoms with Gasteiger partial charge >= 0.3 is 5.97 Å². The van der Waals surface area contributed by atoms with Crippen molar-refractivity contribution in [3.05, 3.63) is 23.5 Å². The van der Waals surface area contributed by atoms with Gasteiger partial charge in [0.1, 0.15) is 11.4 Å². The van der Waals surface area contributed by atoms with Crippen LogP contribution in [-0.4, -0.2) is 17.6 Å². The van der Waals surface area contributed by atoms with Gasteiger partial charge in [0.05, 0.1) is 11.4 Å². The number of halogens is 1. The summed E-state index contributed by atoms with van der Waals surface area (Å²) in [7, 11) is 0. The van der Waals surface area contributed by atoms with Gasteiger partial charge in [0, 0.05) is 6.54 Å². The number of rotatable bonds is 6. The van der Waals surface area contributed by atoms with E-state index in [1.54, 1.807) is 0 Å². The molecule has 1 aromatic carbocycles. The van der Waals surface area contributed by atoms with E-state index in [0.717, 1.165) is 12.8 Å². The Balaban J connectivity index is 2.76. The number of carboxylic acid groups (broad SMARTS) is 1. The average Bonchev–Trinajstić information content (AvgIpc) is 2.28. The zero-order chi connectivity index (χ0) is 13.7. The van der Waals surface area contributed by atoms with Crippen LogP contribution in [0.5, 0.6) is 0 Å². The predicted molar refractivity (Wildman–Crippen MR) is 70.3 cm³/mol. The highest BCUT2D eigenvalue weighted by Gasteiger charge is 2.17. The van der Waals surface area contributed by atoms with Crippen molar-refractivity contribution in [2.45, 2.75) is 26.7 Å². The molecule has 0 amide bonds. The number of hydrogen-bond acceptors (Lipinski definition) is 3. The third-order valence-electron chi connectivity index (χ3n) is 2.68. The van der Waals surface area contributed by atoms with Crippen LogP contribution < -0.4 is 11.1 Å². The number of nitrogen functional groups attached to an aromatic ring is 1. The third kappa shape index (κ3) is 3.61. The van der Waals surface area contributed by atoms with E-state index in [9.17, 15) is 9.18 Å². The maximum absolute atomic E-state index is 13.2. The second-order valence-electron chi connectivity index (χ2n) is 4.65. The molecule has 0 heterocycles. The van der Waals surface area contributed by atoms with E-state index in [-0.39, 0.29) is 11.3 Å². The fourth-order valence-electron chi connectivity index (χ4n) is 1.71. The molecule has 0 aromatic heterocycles. The number of benzene rings is 1. The second-order valence-corrected chi connectivity index (χ2v) is 4.65. The van der Waals surface area contributed by atoms with Crippen molar-refractivity contribution < 1.29 is 14.3 Å². The lowest BCUT2D eigenvalue weighted by atomic mass is 10.1. The normalized spacial score (nSPS) is 10.7. The van der Waals surface area contributed by atoms with Crippen LogP contribution in [0.3, 0.4) is 0 Å². The number of carboxylic acids is 1. The van der Waals surface area contributed by atoms with Crippen molar-refractivity contribution in [2.75, 3.05) is 17.6 Å². The van der Waals surface area contributed by atoms with Crippen molar-refractivity contribution in [3.8, 4) is 0 Å².